The Morgan fingerprint density at radius 2 is 2.55 bits per heavy atom. The van der Waals surface area contributed by atoms with E-state index in [1.807, 2.05) is 10.8 Å². The first-order valence-corrected chi connectivity index (χ1v) is 5.86. The Balaban J connectivity index is 2.86. The van der Waals surface area contributed by atoms with Crippen molar-refractivity contribution in [1.82, 2.24) is 0 Å². The van der Waals surface area contributed by atoms with Gasteiger partial charge >= 0.3 is 0 Å². The number of hydrogen-bond acceptors (Lipinski definition) is 3. The Hall–Kier alpha value is 0.190. The number of rotatable bonds is 3. The third-order valence-electron chi connectivity index (χ3n) is 0.986. The fourth-order valence-corrected chi connectivity index (χ4v) is 2.56. The highest BCUT2D eigenvalue weighted by Crippen LogP contribution is 2.34. The minimum absolute atomic E-state index is 1.06. The van der Waals surface area contributed by atoms with Crippen LogP contribution in [0.5, 0.6) is 0 Å². The van der Waals surface area contributed by atoms with Gasteiger partial charge in [0.2, 0.25) is 0 Å². The second-order valence-electron chi connectivity index (χ2n) is 1.60. The second-order valence-corrected chi connectivity index (χ2v) is 4.06. The fourth-order valence-electron chi connectivity index (χ4n) is 0.607. The molecular formula is C7H6INS2. The highest BCUT2D eigenvalue weighted by Gasteiger charge is 1.99. The molecule has 0 bridgehead atoms. The van der Waals surface area contributed by atoms with Gasteiger partial charge in [-0.15, -0.1) is 11.3 Å². The van der Waals surface area contributed by atoms with E-state index in [1.54, 1.807) is 27.3 Å². The molecule has 0 aliphatic carbocycles. The zero-order valence-corrected chi connectivity index (χ0v) is 9.45. The molecule has 0 amide bonds. The van der Waals surface area contributed by atoms with Gasteiger partial charge in [0.15, 0.2) is 0 Å². The van der Waals surface area contributed by atoms with E-state index in [2.05, 4.69) is 40.2 Å². The average Bonchev–Trinajstić information content (AvgIpc) is 2.39. The lowest BCUT2D eigenvalue weighted by Crippen LogP contribution is -1.58. The topological polar surface area (TPSA) is 12.4 Å². The molecule has 0 atom stereocenters. The Morgan fingerprint density at radius 3 is 3.18 bits per heavy atom. The second kappa shape index (κ2) is 4.95. The lowest BCUT2D eigenvalue weighted by atomic mass is 10.6. The van der Waals surface area contributed by atoms with Crippen LogP contribution in [0, 0.1) is 0 Å². The molecule has 0 spiro atoms. The van der Waals surface area contributed by atoms with Crippen LogP contribution in [0.3, 0.4) is 0 Å². The van der Waals surface area contributed by atoms with Gasteiger partial charge in [-0.2, -0.15) is 0 Å². The molecule has 0 saturated carbocycles. The van der Waals surface area contributed by atoms with Crippen LogP contribution in [-0.2, 0) is 0 Å². The largest absolute Gasteiger partial charge is 0.238 e. The lowest BCUT2D eigenvalue weighted by molar-refractivity contribution is 1.50. The van der Waals surface area contributed by atoms with Crippen molar-refractivity contribution in [1.29, 1.82) is 0 Å². The molecule has 11 heavy (non-hydrogen) atoms. The van der Waals surface area contributed by atoms with Crippen molar-refractivity contribution in [3.8, 4) is 0 Å². The third-order valence-corrected chi connectivity index (χ3v) is 2.96. The number of aliphatic imine (C=N–C) groups is 1. The molecule has 1 rings (SSSR count). The first-order chi connectivity index (χ1) is 5.38. The van der Waals surface area contributed by atoms with E-state index < -0.39 is 0 Å². The molecular weight excluding hydrogens is 289 g/mol. The van der Waals surface area contributed by atoms with Gasteiger partial charge in [-0.25, -0.2) is 4.99 Å². The predicted molar refractivity (Wildman–Crippen MR) is 62.5 cm³/mol. The van der Waals surface area contributed by atoms with E-state index in [-0.39, 0.29) is 0 Å². The molecule has 0 aromatic carbocycles. The van der Waals surface area contributed by atoms with Gasteiger partial charge in [0, 0.05) is 4.90 Å². The van der Waals surface area contributed by atoms with Crippen molar-refractivity contribution in [3.63, 3.8) is 0 Å². The first kappa shape index (κ1) is 9.28. The summed E-state index contributed by atoms with van der Waals surface area (Å²) in [6.07, 6.45) is 0. The summed E-state index contributed by atoms with van der Waals surface area (Å²) in [6.45, 7) is 3.65. The molecule has 1 nitrogen and oxygen atoms in total. The van der Waals surface area contributed by atoms with Crippen LogP contribution in [0.4, 0.5) is 5.00 Å². The van der Waals surface area contributed by atoms with E-state index in [1.165, 1.54) is 4.90 Å². The summed E-state index contributed by atoms with van der Waals surface area (Å²) in [7, 11) is 0. The maximum absolute atomic E-state index is 4.20. The summed E-state index contributed by atoms with van der Waals surface area (Å²) in [5.74, 6) is 0. The normalized spacial score (nSPS) is 10.6. The molecule has 1 heterocycles. The number of thiophene rings is 1. The van der Waals surface area contributed by atoms with Gasteiger partial charge < -0.3 is 0 Å². The fraction of sp³-hybridized carbons (Fsp3) is 0. The molecule has 0 unspecified atom stereocenters. The van der Waals surface area contributed by atoms with Crippen molar-refractivity contribution < 1.29 is 0 Å². The molecule has 0 radical (unpaired) electrons. The van der Waals surface area contributed by atoms with Crippen LogP contribution in [0.1, 0.15) is 0 Å². The Morgan fingerprint density at radius 1 is 1.73 bits per heavy atom. The Labute approximate surface area is 87.8 Å². The van der Waals surface area contributed by atoms with Gasteiger partial charge in [-0.05, 0) is 39.4 Å². The van der Waals surface area contributed by atoms with Crippen molar-refractivity contribution in [2.24, 2.45) is 4.99 Å². The molecule has 4 heteroatoms. The van der Waals surface area contributed by atoms with Crippen LogP contribution in [0.2, 0.25) is 0 Å². The zero-order valence-electron chi connectivity index (χ0n) is 5.66. The van der Waals surface area contributed by atoms with Crippen molar-refractivity contribution in [2.45, 2.75) is 4.90 Å². The van der Waals surface area contributed by atoms with Gasteiger partial charge in [0.1, 0.15) is 5.00 Å². The monoisotopic (exact) mass is 295 g/mol. The lowest BCUT2D eigenvalue weighted by Gasteiger charge is -1.90. The number of thioether (sulfide) groups is 1. The summed E-state index contributed by atoms with van der Waals surface area (Å²) < 4.78 is 1.77. The van der Waals surface area contributed by atoms with Crippen LogP contribution in [-0.4, -0.2) is 4.22 Å². The van der Waals surface area contributed by atoms with Gasteiger partial charge in [0.05, 0.1) is 4.22 Å². The smallest absolute Gasteiger partial charge is 0.130 e. The summed E-state index contributed by atoms with van der Waals surface area (Å²) >= 11 is 5.36. The molecule has 0 saturated heterocycles. The Kier molecular flexibility index (Phi) is 4.17. The van der Waals surface area contributed by atoms with Crippen LogP contribution >= 0.6 is 45.7 Å². The summed E-state index contributed by atoms with van der Waals surface area (Å²) in [5.41, 5.74) is 0. The first-order valence-electron chi connectivity index (χ1n) is 2.86. The van der Waals surface area contributed by atoms with Gasteiger partial charge in [-0.3, -0.25) is 0 Å². The van der Waals surface area contributed by atoms with Crippen LogP contribution in [0.15, 0.2) is 33.3 Å². The number of halogens is 1. The van der Waals surface area contributed by atoms with Gasteiger partial charge in [0.25, 0.3) is 0 Å². The van der Waals surface area contributed by atoms with Gasteiger partial charge in [-0.1, -0.05) is 18.3 Å². The van der Waals surface area contributed by atoms with Crippen molar-refractivity contribution >= 4 is 54.9 Å². The van der Waals surface area contributed by atoms with E-state index in [0.717, 1.165) is 5.00 Å². The van der Waals surface area contributed by atoms with E-state index in [9.17, 15) is 0 Å². The quantitative estimate of drug-likeness (QED) is 0.465. The minimum Gasteiger partial charge on any atom is -0.238 e. The maximum Gasteiger partial charge on any atom is 0.130 e. The van der Waals surface area contributed by atoms with E-state index in [0.29, 0.717) is 0 Å². The Bertz CT molecular complexity index is 267. The standard InChI is InChI=1S/C7H6INS2/c1-2-10-6-3-4-11-7(6)9-5-8/h2-5H,1H2. The van der Waals surface area contributed by atoms with Crippen molar-refractivity contribution in [3.05, 3.63) is 23.4 Å². The molecule has 1 aromatic heterocycles. The summed E-state index contributed by atoms with van der Waals surface area (Å²) in [5, 5.41) is 4.91. The predicted octanol–water partition coefficient (Wildman–Crippen LogP) is 4.08. The van der Waals surface area contributed by atoms with Crippen LogP contribution < -0.4 is 0 Å². The zero-order chi connectivity index (χ0) is 8.10. The molecule has 0 fully saturated rings. The molecule has 0 N–H and O–H groups in total. The van der Waals surface area contributed by atoms with E-state index in [4.69, 9.17) is 0 Å². The SMILES string of the molecule is C=CSc1ccsc1N=CI. The average molecular weight is 295 g/mol. The molecule has 1 aromatic rings. The number of nitrogens with zero attached hydrogens (tertiary/aromatic N) is 1. The highest BCUT2D eigenvalue weighted by atomic mass is 127. The molecule has 58 valence electrons. The van der Waals surface area contributed by atoms with Crippen LogP contribution in [0.25, 0.3) is 0 Å². The van der Waals surface area contributed by atoms with E-state index >= 15 is 0 Å². The minimum atomic E-state index is 1.06. The number of hydrogen-bond donors (Lipinski definition) is 0. The highest BCUT2D eigenvalue weighted by molar-refractivity contribution is 14.1. The molecule has 0 aliphatic rings. The maximum atomic E-state index is 4.20. The third kappa shape index (κ3) is 2.61. The van der Waals surface area contributed by atoms with Crippen molar-refractivity contribution in [2.75, 3.05) is 0 Å². The molecule has 0 aliphatic heterocycles. The summed E-state index contributed by atoms with van der Waals surface area (Å²) in [6, 6.07) is 2.05. The summed E-state index contributed by atoms with van der Waals surface area (Å²) in [4.78, 5) is 5.38.